The molecule has 4 rings (SSSR count). The molecule has 0 amide bonds. The van der Waals surface area contributed by atoms with Gasteiger partial charge < -0.3 is 19.6 Å². The van der Waals surface area contributed by atoms with Crippen molar-refractivity contribution in [2.75, 3.05) is 0 Å². The first-order valence-electron chi connectivity index (χ1n) is 10.8. The average molecular weight is 472 g/mol. The standard InChI is InChI=1S/C25H27F2N3O4/c1-13-7-8-16-17(11-13)29-21(28-16)25(6,32)19-15-9-10-30(23(31)34-24(3,4)5)20(15)14(2)12-18(19)33-22(26)27/h7-12,22,32H,1-6H3,(H,28,29). The summed E-state index contributed by atoms with van der Waals surface area (Å²) in [5.41, 5.74) is 0.694. The maximum absolute atomic E-state index is 13.3. The number of rotatable bonds is 4. The molecule has 2 N–H and O–H groups in total. The van der Waals surface area contributed by atoms with Gasteiger partial charge in [-0.3, -0.25) is 4.57 Å². The molecule has 1 unspecified atom stereocenters. The first-order valence-corrected chi connectivity index (χ1v) is 10.8. The van der Waals surface area contributed by atoms with E-state index in [0.29, 0.717) is 27.5 Å². The lowest BCUT2D eigenvalue weighted by molar-refractivity contribution is -0.0526. The number of hydrogen-bond donors (Lipinski definition) is 2. The highest BCUT2D eigenvalue weighted by Crippen LogP contribution is 2.42. The SMILES string of the molecule is Cc1ccc2nc(C(C)(O)c3c(OC(F)F)cc(C)c4c3ccn4C(=O)OC(C)(C)C)[nH]c2c1. The number of halogens is 2. The zero-order valence-corrected chi connectivity index (χ0v) is 19.9. The van der Waals surface area contributed by atoms with Crippen molar-refractivity contribution in [3.63, 3.8) is 0 Å². The molecule has 9 heteroatoms. The Hall–Kier alpha value is -3.46. The van der Waals surface area contributed by atoms with Crippen LogP contribution in [-0.2, 0) is 10.3 Å². The highest BCUT2D eigenvalue weighted by molar-refractivity contribution is 5.96. The molecule has 0 saturated heterocycles. The lowest BCUT2D eigenvalue weighted by Gasteiger charge is -2.26. The van der Waals surface area contributed by atoms with Gasteiger partial charge in [0.1, 0.15) is 22.8 Å². The number of aromatic amines is 1. The summed E-state index contributed by atoms with van der Waals surface area (Å²) in [5.74, 6) is -0.0500. The Morgan fingerprint density at radius 2 is 1.85 bits per heavy atom. The summed E-state index contributed by atoms with van der Waals surface area (Å²) < 4.78 is 38.3. The maximum Gasteiger partial charge on any atom is 0.419 e. The number of carbonyl (C=O) groups is 1. The van der Waals surface area contributed by atoms with Gasteiger partial charge in [-0.25, -0.2) is 9.78 Å². The molecular formula is C25H27F2N3O4. The van der Waals surface area contributed by atoms with Crippen molar-refractivity contribution >= 4 is 28.0 Å². The van der Waals surface area contributed by atoms with Crippen molar-refractivity contribution in [1.82, 2.24) is 14.5 Å². The normalized spacial score (nSPS) is 14.1. The molecule has 1 atom stereocenters. The van der Waals surface area contributed by atoms with Crippen LogP contribution < -0.4 is 4.74 Å². The van der Waals surface area contributed by atoms with Gasteiger partial charge in [-0.2, -0.15) is 8.78 Å². The van der Waals surface area contributed by atoms with Gasteiger partial charge in [0.05, 0.1) is 16.6 Å². The van der Waals surface area contributed by atoms with Crippen LogP contribution in [0.4, 0.5) is 13.6 Å². The number of nitrogens with zero attached hydrogens (tertiary/aromatic N) is 2. The van der Waals surface area contributed by atoms with Gasteiger partial charge in [0, 0.05) is 17.1 Å². The Morgan fingerprint density at radius 3 is 2.50 bits per heavy atom. The molecular weight excluding hydrogens is 444 g/mol. The molecule has 0 spiro atoms. The van der Waals surface area contributed by atoms with Crippen LogP contribution in [0.1, 0.15) is 50.2 Å². The topological polar surface area (TPSA) is 89.4 Å². The van der Waals surface area contributed by atoms with Crippen LogP contribution in [0, 0.1) is 13.8 Å². The molecule has 180 valence electrons. The minimum atomic E-state index is -3.11. The van der Waals surface area contributed by atoms with Gasteiger partial charge in [0.25, 0.3) is 0 Å². The number of imidazole rings is 1. The van der Waals surface area contributed by atoms with Crippen LogP contribution in [-0.4, -0.2) is 37.9 Å². The molecule has 7 nitrogen and oxygen atoms in total. The molecule has 2 heterocycles. The fourth-order valence-corrected chi connectivity index (χ4v) is 4.13. The molecule has 0 radical (unpaired) electrons. The number of aromatic nitrogens is 3. The fourth-order valence-electron chi connectivity index (χ4n) is 4.13. The minimum absolute atomic E-state index is 0.0616. The summed E-state index contributed by atoms with van der Waals surface area (Å²) in [6, 6.07) is 8.52. The maximum atomic E-state index is 13.3. The molecule has 0 aliphatic carbocycles. The Kier molecular flexibility index (Phi) is 5.64. The first kappa shape index (κ1) is 23.7. The molecule has 0 aliphatic rings. The number of hydrogen-bond acceptors (Lipinski definition) is 5. The lowest BCUT2D eigenvalue weighted by atomic mass is 9.90. The number of H-pyrrole nitrogens is 1. The minimum Gasteiger partial charge on any atom is -0.443 e. The smallest absolute Gasteiger partial charge is 0.419 e. The van der Waals surface area contributed by atoms with Crippen molar-refractivity contribution in [2.45, 2.75) is 59.4 Å². The average Bonchev–Trinajstić information content (AvgIpc) is 3.30. The third-order valence-corrected chi connectivity index (χ3v) is 5.51. The zero-order valence-electron chi connectivity index (χ0n) is 19.9. The van der Waals surface area contributed by atoms with E-state index < -0.39 is 23.9 Å². The summed E-state index contributed by atoms with van der Waals surface area (Å²) in [4.78, 5) is 20.4. The van der Waals surface area contributed by atoms with Crippen LogP contribution >= 0.6 is 0 Å². The zero-order chi connectivity index (χ0) is 25.0. The van der Waals surface area contributed by atoms with Gasteiger partial charge in [-0.15, -0.1) is 0 Å². The highest BCUT2D eigenvalue weighted by atomic mass is 19.3. The quantitative estimate of drug-likeness (QED) is 0.394. The van der Waals surface area contributed by atoms with E-state index >= 15 is 0 Å². The summed E-state index contributed by atoms with van der Waals surface area (Å²) >= 11 is 0. The van der Waals surface area contributed by atoms with Crippen LogP contribution in [0.25, 0.3) is 21.9 Å². The number of alkyl halides is 2. The van der Waals surface area contributed by atoms with Crippen LogP contribution in [0.2, 0.25) is 0 Å². The Balaban J connectivity index is 1.96. The van der Waals surface area contributed by atoms with E-state index in [1.165, 1.54) is 23.8 Å². The number of benzene rings is 2. The predicted molar refractivity (Wildman–Crippen MR) is 124 cm³/mol. The van der Waals surface area contributed by atoms with E-state index in [1.807, 2.05) is 19.1 Å². The summed E-state index contributed by atoms with van der Waals surface area (Å²) in [6.45, 7) is 7.18. The monoisotopic (exact) mass is 471 g/mol. The molecule has 0 bridgehead atoms. The molecule has 2 aromatic carbocycles. The molecule has 2 aromatic heterocycles. The molecule has 4 aromatic rings. The number of aliphatic hydroxyl groups is 1. The number of aryl methyl sites for hydroxylation is 2. The van der Waals surface area contributed by atoms with Gasteiger partial charge in [0.15, 0.2) is 0 Å². The third-order valence-electron chi connectivity index (χ3n) is 5.51. The largest absolute Gasteiger partial charge is 0.443 e. The second-order valence-corrected chi connectivity index (χ2v) is 9.55. The Bertz CT molecular complexity index is 1400. The number of fused-ring (bicyclic) bond motifs is 2. The van der Waals surface area contributed by atoms with E-state index in [0.717, 1.165) is 5.56 Å². The van der Waals surface area contributed by atoms with Crippen molar-refractivity contribution in [1.29, 1.82) is 0 Å². The number of ether oxygens (including phenoxy) is 2. The summed E-state index contributed by atoms with van der Waals surface area (Å²) in [7, 11) is 0. The Morgan fingerprint density at radius 1 is 1.15 bits per heavy atom. The third kappa shape index (κ3) is 4.23. The lowest BCUT2D eigenvalue weighted by Crippen LogP contribution is -2.28. The fraction of sp³-hybridized carbons (Fsp3) is 0.360. The summed E-state index contributed by atoms with van der Waals surface area (Å²) in [6.07, 6.45) is 0.859. The predicted octanol–water partition coefficient (Wildman–Crippen LogP) is 5.77. The van der Waals surface area contributed by atoms with E-state index in [9.17, 15) is 18.7 Å². The highest BCUT2D eigenvalue weighted by Gasteiger charge is 2.37. The van der Waals surface area contributed by atoms with Crippen molar-refractivity contribution < 1.29 is 28.2 Å². The first-order chi connectivity index (χ1) is 15.8. The van der Waals surface area contributed by atoms with Gasteiger partial charge in [-0.1, -0.05) is 6.07 Å². The molecule has 0 fully saturated rings. The second kappa shape index (κ2) is 8.09. The van der Waals surface area contributed by atoms with Gasteiger partial charge in [-0.05, 0) is 76.9 Å². The van der Waals surface area contributed by atoms with Gasteiger partial charge in [0.2, 0.25) is 0 Å². The number of nitrogens with one attached hydrogen (secondary N) is 1. The molecule has 0 aliphatic heterocycles. The van der Waals surface area contributed by atoms with Crippen molar-refractivity contribution in [3.05, 3.63) is 59.0 Å². The van der Waals surface area contributed by atoms with Crippen LogP contribution in [0.5, 0.6) is 5.75 Å². The molecule has 0 saturated carbocycles. The van der Waals surface area contributed by atoms with Crippen molar-refractivity contribution in [3.8, 4) is 5.75 Å². The number of carbonyl (C=O) groups excluding carboxylic acids is 1. The van der Waals surface area contributed by atoms with E-state index in [1.54, 1.807) is 39.8 Å². The van der Waals surface area contributed by atoms with Crippen molar-refractivity contribution in [2.24, 2.45) is 0 Å². The van der Waals surface area contributed by atoms with Gasteiger partial charge >= 0.3 is 12.7 Å². The van der Waals surface area contributed by atoms with Crippen LogP contribution in [0.15, 0.2) is 36.5 Å². The molecule has 34 heavy (non-hydrogen) atoms. The van der Waals surface area contributed by atoms with Crippen LogP contribution in [0.3, 0.4) is 0 Å². The second-order valence-electron chi connectivity index (χ2n) is 9.55. The van der Waals surface area contributed by atoms with E-state index in [4.69, 9.17) is 9.47 Å². The summed E-state index contributed by atoms with van der Waals surface area (Å²) in [5, 5.41) is 12.1. The Labute approximate surface area is 195 Å². The van der Waals surface area contributed by atoms with E-state index in [2.05, 4.69) is 9.97 Å². The van der Waals surface area contributed by atoms with E-state index in [-0.39, 0.29) is 17.1 Å².